The molecule has 0 spiro atoms. The van der Waals surface area contributed by atoms with Crippen molar-refractivity contribution in [3.05, 3.63) is 0 Å². The maximum Gasteiger partial charge on any atom is 0.260 e. The van der Waals surface area contributed by atoms with Crippen LogP contribution in [0.2, 0.25) is 0 Å². The van der Waals surface area contributed by atoms with Crippen LogP contribution in [0.5, 0.6) is 0 Å². The van der Waals surface area contributed by atoms with Crippen molar-refractivity contribution in [1.29, 1.82) is 0 Å². The fraction of sp³-hybridized carbons (Fsp3) is 0.833. The van der Waals surface area contributed by atoms with Crippen LogP contribution in [-0.4, -0.2) is 19.1 Å². The molecule has 4 heteroatoms. The standard InChI is InChI=1S/C6H14N2O2/c1-4(2)5(7)6(9)8-10-3/h4-5H,7H2,1-3H3,(H,8,9)/t5-/m0/s1. The minimum absolute atomic E-state index is 0.134. The molecule has 0 bridgehead atoms. The van der Waals surface area contributed by atoms with E-state index < -0.39 is 6.04 Å². The third-order valence-electron chi connectivity index (χ3n) is 1.22. The van der Waals surface area contributed by atoms with E-state index in [2.05, 4.69) is 10.3 Å². The van der Waals surface area contributed by atoms with Crippen molar-refractivity contribution < 1.29 is 9.63 Å². The largest absolute Gasteiger partial charge is 0.320 e. The number of carbonyl (C=O) groups is 1. The van der Waals surface area contributed by atoms with Crippen molar-refractivity contribution in [3.63, 3.8) is 0 Å². The van der Waals surface area contributed by atoms with Crippen LogP contribution in [-0.2, 0) is 9.63 Å². The van der Waals surface area contributed by atoms with Gasteiger partial charge in [-0.15, -0.1) is 0 Å². The highest BCUT2D eigenvalue weighted by Crippen LogP contribution is 1.96. The number of amides is 1. The number of carbonyl (C=O) groups excluding carboxylic acids is 1. The number of nitrogens with two attached hydrogens (primary N) is 1. The molecular formula is C6H14N2O2. The van der Waals surface area contributed by atoms with Crippen molar-refractivity contribution in [2.24, 2.45) is 11.7 Å². The normalized spacial score (nSPS) is 13.3. The third kappa shape index (κ3) is 2.80. The van der Waals surface area contributed by atoms with Crippen molar-refractivity contribution in [1.82, 2.24) is 5.48 Å². The molecule has 0 radical (unpaired) electrons. The Morgan fingerprint density at radius 2 is 2.10 bits per heavy atom. The second-order valence-corrected chi connectivity index (χ2v) is 2.44. The molecule has 0 unspecified atom stereocenters. The molecule has 1 amide bonds. The van der Waals surface area contributed by atoms with Gasteiger partial charge in [0.15, 0.2) is 0 Å². The van der Waals surface area contributed by atoms with Gasteiger partial charge in [0, 0.05) is 0 Å². The number of hydrogen-bond donors (Lipinski definition) is 2. The Balaban J connectivity index is 3.71. The molecular weight excluding hydrogens is 132 g/mol. The van der Waals surface area contributed by atoms with Gasteiger partial charge in [0.2, 0.25) is 0 Å². The molecule has 3 N–H and O–H groups in total. The van der Waals surface area contributed by atoms with Gasteiger partial charge >= 0.3 is 0 Å². The molecule has 0 fully saturated rings. The number of rotatable bonds is 3. The lowest BCUT2D eigenvalue weighted by atomic mass is 10.1. The van der Waals surface area contributed by atoms with Crippen LogP contribution in [0.3, 0.4) is 0 Å². The third-order valence-corrected chi connectivity index (χ3v) is 1.22. The highest BCUT2D eigenvalue weighted by molar-refractivity contribution is 5.80. The van der Waals surface area contributed by atoms with Gasteiger partial charge in [-0.2, -0.15) is 0 Å². The molecule has 0 aromatic heterocycles. The maximum absolute atomic E-state index is 10.8. The fourth-order valence-corrected chi connectivity index (χ4v) is 0.471. The van der Waals surface area contributed by atoms with Gasteiger partial charge < -0.3 is 5.73 Å². The Morgan fingerprint density at radius 1 is 1.60 bits per heavy atom. The SMILES string of the molecule is CONC(=O)[C@@H](N)C(C)C. The first-order valence-corrected chi connectivity index (χ1v) is 3.18. The molecule has 10 heavy (non-hydrogen) atoms. The molecule has 0 heterocycles. The van der Waals surface area contributed by atoms with Gasteiger partial charge in [-0.05, 0) is 5.92 Å². The molecule has 0 saturated heterocycles. The first-order chi connectivity index (χ1) is 4.59. The van der Waals surface area contributed by atoms with E-state index in [-0.39, 0.29) is 11.8 Å². The highest BCUT2D eigenvalue weighted by Gasteiger charge is 2.16. The summed E-state index contributed by atoms with van der Waals surface area (Å²) in [5, 5.41) is 0. The van der Waals surface area contributed by atoms with Crippen LogP contribution in [0.15, 0.2) is 0 Å². The second kappa shape index (κ2) is 4.24. The summed E-state index contributed by atoms with van der Waals surface area (Å²) in [6, 6.07) is -0.486. The summed E-state index contributed by atoms with van der Waals surface area (Å²) in [4.78, 5) is 15.2. The number of nitrogens with one attached hydrogen (secondary N) is 1. The Morgan fingerprint density at radius 3 is 2.40 bits per heavy atom. The zero-order valence-corrected chi connectivity index (χ0v) is 6.55. The van der Waals surface area contributed by atoms with Crippen molar-refractivity contribution >= 4 is 5.91 Å². The van der Waals surface area contributed by atoms with E-state index in [4.69, 9.17) is 5.73 Å². The summed E-state index contributed by atoms with van der Waals surface area (Å²) >= 11 is 0. The maximum atomic E-state index is 10.8. The molecule has 0 rings (SSSR count). The van der Waals surface area contributed by atoms with Crippen LogP contribution in [0.25, 0.3) is 0 Å². The van der Waals surface area contributed by atoms with Crippen LogP contribution < -0.4 is 11.2 Å². The van der Waals surface area contributed by atoms with Gasteiger partial charge in [0.05, 0.1) is 13.2 Å². The minimum atomic E-state index is -0.486. The van der Waals surface area contributed by atoms with Crippen LogP contribution in [0.4, 0.5) is 0 Å². The van der Waals surface area contributed by atoms with E-state index in [0.717, 1.165) is 0 Å². The van der Waals surface area contributed by atoms with Crippen LogP contribution in [0.1, 0.15) is 13.8 Å². The predicted octanol–water partition coefficient (Wildman–Crippen LogP) is -0.353. The first kappa shape index (κ1) is 9.39. The smallest absolute Gasteiger partial charge is 0.260 e. The molecule has 60 valence electrons. The van der Waals surface area contributed by atoms with Gasteiger partial charge in [-0.25, -0.2) is 5.48 Å². The molecule has 0 aliphatic heterocycles. The summed E-state index contributed by atoms with van der Waals surface area (Å²) in [5.74, 6) is -0.146. The molecule has 0 aromatic rings. The van der Waals surface area contributed by atoms with Crippen LogP contribution in [0, 0.1) is 5.92 Å². The molecule has 0 aliphatic carbocycles. The topological polar surface area (TPSA) is 64.3 Å². The Hall–Kier alpha value is -0.610. The minimum Gasteiger partial charge on any atom is -0.320 e. The molecule has 0 aliphatic rings. The predicted molar refractivity (Wildman–Crippen MR) is 38.0 cm³/mol. The summed E-state index contributed by atoms with van der Waals surface area (Å²) in [7, 11) is 1.38. The van der Waals surface area contributed by atoms with E-state index in [9.17, 15) is 4.79 Å². The summed E-state index contributed by atoms with van der Waals surface area (Å²) in [5.41, 5.74) is 7.62. The van der Waals surface area contributed by atoms with Crippen molar-refractivity contribution in [2.45, 2.75) is 19.9 Å². The first-order valence-electron chi connectivity index (χ1n) is 3.18. The van der Waals surface area contributed by atoms with Crippen molar-refractivity contribution in [2.75, 3.05) is 7.11 Å². The fourth-order valence-electron chi connectivity index (χ4n) is 0.471. The van der Waals surface area contributed by atoms with Gasteiger partial charge in [0.1, 0.15) is 0 Å². The lowest BCUT2D eigenvalue weighted by Gasteiger charge is -2.13. The lowest BCUT2D eigenvalue weighted by Crippen LogP contribution is -2.43. The van der Waals surface area contributed by atoms with Gasteiger partial charge in [0.25, 0.3) is 5.91 Å². The van der Waals surface area contributed by atoms with E-state index >= 15 is 0 Å². The molecule has 0 aromatic carbocycles. The van der Waals surface area contributed by atoms with Crippen molar-refractivity contribution in [3.8, 4) is 0 Å². The number of hydroxylamine groups is 1. The summed E-state index contributed by atoms with van der Waals surface area (Å²) < 4.78 is 0. The van der Waals surface area contributed by atoms with E-state index in [0.29, 0.717) is 0 Å². The van der Waals surface area contributed by atoms with E-state index in [1.807, 2.05) is 13.8 Å². The Bertz CT molecular complexity index is 114. The number of hydrogen-bond acceptors (Lipinski definition) is 3. The molecule has 0 saturated carbocycles. The second-order valence-electron chi connectivity index (χ2n) is 2.44. The van der Waals surface area contributed by atoms with Gasteiger partial charge in [-0.3, -0.25) is 9.63 Å². The summed E-state index contributed by atoms with van der Waals surface area (Å²) in [6.45, 7) is 3.75. The van der Waals surface area contributed by atoms with E-state index in [1.54, 1.807) is 0 Å². The van der Waals surface area contributed by atoms with E-state index in [1.165, 1.54) is 7.11 Å². The quantitative estimate of drug-likeness (QED) is 0.535. The zero-order valence-electron chi connectivity index (χ0n) is 6.55. The Labute approximate surface area is 60.7 Å². The molecule has 1 atom stereocenters. The average Bonchev–Trinajstić information content (AvgIpc) is 1.87. The highest BCUT2D eigenvalue weighted by atomic mass is 16.6. The lowest BCUT2D eigenvalue weighted by molar-refractivity contribution is -0.133. The monoisotopic (exact) mass is 146 g/mol. The Kier molecular flexibility index (Phi) is 3.99. The average molecular weight is 146 g/mol. The molecule has 4 nitrogen and oxygen atoms in total. The van der Waals surface area contributed by atoms with Gasteiger partial charge in [-0.1, -0.05) is 13.8 Å². The summed E-state index contributed by atoms with van der Waals surface area (Å²) in [6.07, 6.45) is 0. The van der Waals surface area contributed by atoms with Crippen LogP contribution >= 0.6 is 0 Å². The zero-order chi connectivity index (χ0) is 8.15.